The highest BCUT2D eigenvalue weighted by Gasteiger charge is 2.10. The molecule has 1 unspecified atom stereocenters. The summed E-state index contributed by atoms with van der Waals surface area (Å²) in [5.41, 5.74) is 7.43. The number of hydrazine groups is 2. The van der Waals surface area contributed by atoms with Gasteiger partial charge in [0.1, 0.15) is 0 Å². The molecule has 0 spiro atoms. The second-order valence-corrected chi connectivity index (χ2v) is 3.28. The van der Waals surface area contributed by atoms with Crippen molar-refractivity contribution in [2.75, 3.05) is 13.1 Å². The van der Waals surface area contributed by atoms with E-state index < -0.39 is 6.03 Å². The van der Waals surface area contributed by atoms with Gasteiger partial charge in [-0.05, 0) is 25.3 Å². The van der Waals surface area contributed by atoms with Crippen molar-refractivity contribution in [1.29, 1.82) is 0 Å². The molecule has 2 amide bonds. The number of hydrogen-bond acceptors (Lipinski definition) is 4. The highest BCUT2D eigenvalue weighted by atomic mass is 16.2. The molecular weight excluding hydrogens is 182 g/mol. The van der Waals surface area contributed by atoms with E-state index in [2.05, 4.69) is 6.92 Å². The number of carbonyl (C=O) groups is 1. The molecule has 0 heterocycles. The number of rotatable bonds is 6. The summed E-state index contributed by atoms with van der Waals surface area (Å²) in [4.78, 5) is 10.9. The number of carbonyl (C=O) groups excluding carboxylic acids is 1. The Morgan fingerprint density at radius 3 is 2.57 bits per heavy atom. The molecule has 0 rings (SSSR count). The summed E-state index contributed by atoms with van der Waals surface area (Å²) in [5, 5.41) is 1.08. The van der Waals surface area contributed by atoms with E-state index in [4.69, 9.17) is 17.4 Å². The monoisotopic (exact) mass is 203 g/mol. The minimum absolute atomic E-state index is 0.465. The van der Waals surface area contributed by atoms with E-state index in [9.17, 15) is 4.79 Å². The maximum absolute atomic E-state index is 10.9. The van der Waals surface area contributed by atoms with Crippen LogP contribution >= 0.6 is 0 Å². The molecular formula is C8H21N5O. The molecule has 0 fully saturated rings. The van der Waals surface area contributed by atoms with E-state index in [0.29, 0.717) is 19.0 Å². The number of hydrogen-bond donors (Lipinski definition) is 4. The fourth-order valence-corrected chi connectivity index (χ4v) is 1.29. The van der Waals surface area contributed by atoms with E-state index in [-0.39, 0.29) is 0 Å². The van der Waals surface area contributed by atoms with Crippen molar-refractivity contribution in [2.24, 2.45) is 23.3 Å². The Morgan fingerprint density at radius 1 is 1.50 bits per heavy atom. The van der Waals surface area contributed by atoms with Crippen LogP contribution in [0.2, 0.25) is 0 Å². The first-order valence-electron chi connectivity index (χ1n) is 4.88. The van der Waals surface area contributed by atoms with Gasteiger partial charge < -0.3 is 5.73 Å². The number of nitrogens with two attached hydrogens (primary N) is 3. The summed E-state index contributed by atoms with van der Waals surface area (Å²) >= 11 is 0. The minimum atomic E-state index is -0.465. The van der Waals surface area contributed by atoms with Crippen LogP contribution in [0.15, 0.2) is 0 Å². The third-order valence-electron chi connectivity index (χ3n) is 2.31. The Hall–Kier alpha value is -0.850. The lowest BCUT2D eigenvalue weighted by Gasteiger charge is -2.19. The topological polar surface area (TPSA) is 110 Å². The van der Waals surface area contributed by atoms with Crippen LogP contribution in [0.1, 0.15) is 26.2 Å². The highest BCUT2D eigenvalue weighted by Crippen LogP contribution is 2.11. The summed E-state index contributed by atoms with van der Waals surface area (Å²) in [7, 11) is 0. The van der Waals surface area contributed by atoms with Gasteiger partial charge >= 0.3 is 6.03 Å². The molecule has 0 saturated heterocycles. The largest absolute Gasteiger partial charge is 0.345 e. The number of amides is 2. The fourth-order valence-electron chi connectivity index (χ4n) is 1.29. The SMILES string of the molecule is CCC(CCN)CCN(N)C(=O)NN. The van der Waals surface area contributed by atoms with Crippen LogP contribution in [0.4, 0.5) is 4.79 Å². The molecule has 0 aromatic heterocycles. The molecule has 0 bridgehead atoms. The quantitative estimate of drug-likeness (QED) is 0.265. The summed E-state index contributed by atoms with van der Waals surface area (Å²) in [6.45, 7) is 3.28. The summed E-state index contributed by atoms with van der Waals surface area (Å²) in [5.74, 6) is 10.9. The van der Waals surface area contributed by atoms with Gasteiger partial charge in [-0.1, -0.05) is 13.3 Å². The van der Waals surface area contributed by atoms with Gasteiger partial charge in [0.2, 0.25) is 0 Å². The third kappa shape index (κ3) is 5.00. The Bertz CT molecular complexity index is 164. The molecule has 0 saturated carbocycles. The van der Waals surface area contributed by atoms with Crippen molar-refractivity contribution in [2.45, 2.75) is 26.2 Å². The Kier molecular flexibility index (Phi) is 7.09. The van der Waals surface area contributed by atoms with E-state index in [0.717, 1.165) is 24.3 Å². The van der Waals surface area contributed by atoms with Crippen molar-refractivity contribution < 1.29 is 4.79 Å². The molecule has 0 aromatic rings. The summed E-state index contributed by atoms with van der Waals surface area (Å²) in [6, 6.07) is -0.465. The first-order valence-corrected chi connectivity index (χ1v) is 4.88. The molecule has 6 nitrogen and oxygen atoms in total. The Labute approximate surface area is 84.7 Å². The first-order chi connectivity index (χ1) is 6.65. The van der Waals surface area contributed by atoms with Gasteiger partial charge in [-0.15, -0.1) is 0 Å². The molecule has 0 aliphatic heterocycles. The average molecular weight is 203 g/mol. The molecule has 84 valence electrons. The third-order valence-corrected chi connectivity index (χ3v) is 2.31. The minimum Gasteiger partial charge on any atom is -0.330 e. The van der Waals surface area contributed by atoms with Crippen LogP contribution in [-0.4, -0.2) is 24.1 Å². The van der Waals surface area contributed by atoms with E-state index in [1.54, 1.807) is 0 Å². The molecule has 0 radical (unpaired) electrons. The average Bonchev–Trinajstić information content (AvgIpc) is 2.22. The van der Waals surface area contributed by atoms with Gasteiger partial charge in [0, 0.05) is 6.54 Å². The second-order valence-electron chi connectivity index (χ2n) is 3.28. The maximum Gasteiger partial charge on any atom is 0.345 e. The van der Waals surface area contributed by atoms with Crippen LogP contribution in [0.5, 0.6) is 0 Å². The zero-order valence-corrected chi connectivity index (χ0v) is 8.70. The zero-order chi connectivity index (χ0) is 11.0. The summed E-state index contributed by atoms with van der Waals surface area (Å²) < 4.78 is 0. The van der Waals surface area contributed by atoms with E-state index in [1.165, 1.54) is 0 Å². The van der Waals surface area contributed by atoms with Crippen molar-refractivity contribution >= 4 is 6.03 Å². The Morgan fingerprint density at radius 2 is 2.14 bits per heavy atom. The number of urea groups is 1. The van der Waals surface area contributed by atoms with E-state index in [1.807, 2.05) is 5.43 Å². The van der Waals surface area contributed by atoms with Gasteiger partial charge in [-0.3, -0.25) is 10.4 Å². The standard InChI is InChI=1S/C8H21N5O/c1-2-7(3-5-9)4-6-13(11)8(14)12-10/h7H,2-6,9-11H2,1H3,(H,12,14). The predicted octanol–water partition coefficient (Wildman–Crippen LogP) is -0.489. The van der Waals surface area contributed by atoms with Crippen molar-refractivity contribution in [1.82, 2.24) is 10.4 Å². The second kappa shape index (κ2) is 7.54. The van der Waals surface area contributed by atoms with Crippen molar-refractivity contribution in [3.63, 3.8) is 0 Å². The van der Waals surface area contributed by atoms with Gasteiger partial charge in [0.15, 0.2) is 0 Å². The van der Waals surface area contributed by atoms with Crippen LogP contribution in [-0.2, 0) is 0 Å². The molecule has 0 aromatic carbocycles. The molecule has 6 heteroatoms. The van der Waals surface area contributed by atoms with Gasteiger partial charge in [-0.2, -0.15) is 0 Å². The number of nitrogens with zero attached hydrogens (tertiary/aromatic N) is 1. The van der Waals surface area contributed by atoms with Crippen molar-refractivity contribution in [3.05, 3.63) is 0 Å². The maximum atomic E-state index is 10.9. The molecule has 0 aliphatic carbocycles. The van der Waals surface area contributed by atoms with Crippen molar-refractivity contribution in [3.8, 4) is 0 Å². The van der Waals surface area contributed by atoms with Gasteiger partial charge in [0.25, 0.3) is 0 Å². The summed E-state index contributed by atoms with van der Waals surface area (Å²) in [6.07, 6.45) is 2.88. The van der Waals surface area contributed by atoms with Crippen LogP contribution in [0, 0.1) is 5.92 Å². The lowest BCUT2D eigenvalue weighted by atomic mass is 9.98. The van der Waals surface area contributed by atoms with Crippen LogP contribution in [0.3, 0.4) is 0 Å². The van der Waals surface area contributed by atoms with Gasteiger partial charge in [-0.25, -0.2) is 16.5 Å². The lowest BCUT2D eigenvalue weighted by molar-refractivity contribution is 0.194. The first kappa shape index (κ1) is 13.2. The molecule has 7 N–H and O–H groups in total. The van der Waals surface area contributed by atoms with Crippen LogP contribution < -0.4 is 22.8 Å². The number of nitrogens with one attached hydrogen (secondary N) is 1. The fraction of sp³-hybridized carbons (Fsp3) is 0.875. The zero-order valence-electron chi connectivity index (χ0n) is 8.70. The van der Waals surface area contributed by atoms with E-state index >= 15 is 0 Å². The van der Waals surface area contributed by atoms with Gasteiger partial charge in [0.05, 0.1) is 0 Å². The smallest absolute Gasteiger partial charge is 0.330 e. The molecule has 0 aliphatic rings. The predicted molar refractivity (Wildman–Crippen MR) is 55.7 cm³/mol. The molecule has 14 heavy (non-hydrogen) atoms. The highest BCUT2D eigenvalue weighted by molar-refractivity contribution is 5.72. The normalized spacial score (nSPS) is 12.3. The van der Waals surface area contributed by atoms with Crippen LogP contribution in [0.25, 0.3) is 0 Å². The Balaban J connectivity index is 3.72. The molecule has 1 atom stereocenters. The lowest BCUT2D eigenvalue weighted by Crippen LogP contribution is -2.48.